The van der Waals surface area contributed by atoms with E-state index in [1.165, 1.54) is 18.0 Å². The molecular formula is C26H22ClN3O4. The fraction of sp³-hybridized carbons (Fsp3) is 0.115. The van der Waals surface area contributed by atoms with Crippen molar-refractivity contribution in [3.8, 4) is 17.2 Å². The van der Waals surface area contributed by atoms with Crippen LogP contribution in [-0.4, -0.2) is 38.8 Å². The molecule has 1 aliphatic heterocycles. The van der Waals surface area contributed by atoms with E-state index >= 15 is 0 Å². The van der Waals surface area contributed by atoms with E-state index in [2.05, 4.69) is 5.10 Å². The maximum atomic E-state index is 11.4. The number of hydrazone groups is 1. The molecule has 0 saturated heterocycles. The average molecular weight is 476 g/mol. The maximum Gasteiger partial charge on any atom is 0.351 e. The molecular weight excluding hydrogens is 454 g/mol. The van der Waals surface area contributed by atoms with Crippen molar-refractivity contribution in [3.05, 3.63) is 95.0 Å². The molecule has 2 N–H and O–H groups in total. The van der Waals surface area contributed by atoms with Crippen LogP contribution in [0.1, 0.15) is 25.0 Å². The summed E-state index contributed by atoms with van der Waals surface area (Å²) in [6.07, 6.45) is 1.28. The Hall–Kier alpha value is -4.10. The Balaban J connectivity index is 1.71. The van der Waals surface area contributed by atoms with Crippen LogP contribution in [0.5, 0.6) is 17.2 Å². The number of halogens is 1. The molecule has 0 aromatic heterocycles. The molecule has 0 amide bonds. The standard InChI is InChI=1S/C26H22ClN3O4/c1-16(26(32)33)29-30-17(2)28-24(15-25(30)19-12-20(27)14-21(31)13-19)18-8-10-23(11-9-18)34-22-6-4-3-5-7-22/h3-15,17,31H,1-2H3,(H,32,33)/b29-16+. The largest absolute Gasteiger partial charge is 0.508 e. The van der Waals surface area contributed by atoms with Gasteiger partial charge in [-0.05, 0) is 74.5 Å². The van der Waals surface area contributed by atoms with Crippen molar-refractivity contribution in [1.82, 2.24) is 5.01 Å². The number of allylic oxidation sites excluding steroid dienone is 1. The first-order valence-corrected chi connectivity index (χ1v) is 10.9. The predicted molar refractivity (Wildman–Crippen MR) is 133 cm³/mol. The molecule has 1 atom stereocenters. The first kappa shape index (κ1) is 23.1. The maximum absolute atomic E-state index is 11.4. The minimum Gasteiger partial charge on any atom is -0.508 e. The summed E-state index contributed by atoms with van der Waals surface area (Å²) in [7, 11) is 0. The number of carboxylic acids is 1. The number of carboxylic acid groups (broad SMARTS) is 1. The van der Waals surface area contributed by atoms with Crippen LogP contribution < -0.4 is 4.74 Å². The third-order valence-corrected chi connectivity index (χ3v) is 5.29. The number of nitrogens with zero attached hydrogens (tertiary/aromatic N) is 3. The third-order valence-electron chi connectivity index (χ3n) is 5.07. The van der Waals surface area contributed by atoms with Crippen LogP contribution in [-0.2, 0) is 4.79 Å². The van der Waals surface area contributed by atoms with Crippen LogP contribution in [0.25, 0.3) is 5.70 Å². The summed E-state index contributed by atoms with van der Waals surface area (Å²) in [5, 5.41) is 25.5. The second kappa shape index (κ2) is 9.80. The van der Waals surface area contributed by atoms with E-state index in [0.29, 0.717) is 27.7 Å². The Morgan fingerprint density at radius 1 is 1.03 bits per heavy atom. The normalized spacial score (nSPS) is 16.0. The summed E-state index contributed by atoms with van der Waals surface area (Å²) < 4.78 is 5.86. The zero-order valence-electron chi connectivity index (χ0n) is 18.5. The minimum atomic E-state index is -1.13. The van der Waals surface area contributed by atoms with Crippen molar-refractivity contribution in [2.75, 3.05) is 0 Å². The molecule has 3 aromatic carbocycles. The second-order valence-electron chi connectivity index (χ2n) is 7.65. The molecule has 0 radical (unpaired) electrons. The Morgan fingerprint density at radius 2 is 1.71 bits per heavy atom. The fourth-order valence-electron chi connectivity index (χ4n) is 3.45. The Labute approximate surface area is 201 Å². The molecule has 0 spiro atoms. The number of benzene rings is 3. The van der Waals surface area contributed by atoms with Crippen LogP contribution in [0.15, 0.2) is 89.0 Å². The molecule has 7 nitrogen and oxygen atoms in total. The van der Waals surface area contributed by atoms with Gasteiger partial charge >= 0.3 is 5.97 Å². The SMILES string of the molecule is C/C(=N\N1C(c2cc(O)cc(Cl)c2)=CC(c2ccc(Oc3ccccc3)cc2)=NC1C)C(=O)O. The number of aliphatic carboxylic acids is 1. The lowest BCUT2D eigenvalue weighted by Gasteiger charge is -2.31. The zero-order valence-corrected chi connectivity index (χ0v) is 19.3. The number of hydrogen-bond acceptors (Lipinski definition) is 6. The lowest BCUT2D eigenvalue weighted by molar-refractivity contribution is -0.129. The molecule has 34 heavy (non-hydrogen) atoms. The molecule has 0 bridgehead atoms. The van der Waals surface area contributed by atoms with Crippen molar-refractivity contribution in [3.63, 3.8) is 0 Å². The van der Waals surface area contributed by atoms with Gasteiger partial charge in [-0.25, -0.2) is 9.80 Å². The highest BCUT2D eigenvalue weighted by atomic mass is 35.5. The summed E-state index contributed by atoms with van der Waals surface area (Å²) in [4.78, 5) is 16.1. The summed E-state index contributed by atoms with van der Waals surface area (Å²) >= 11 is 6.17. The highest BCUT2D eigenvalue weighted by Crippen LogP contribution is 2.32. The molecule has 0 fully saturated rings. The van der Waals surface area contributed by atoms with Crippen molar-refractivity contribution >= 4 is 34.7 Å². The monoisotopic (exact) mass is 475 g/mol. The van der Waals surface area contributed by atoms with Gasteiger partial charge in [0.05, 0.1) is 11.4 Å². The summed E-state index contributed by atoms with van der Waals surface area (Å²) in [6.45, 7) is 3.22. The van der Waals surface area contributed by atoms with E-state index in [1.807, 2.05) is 61.5 Å². The lowest BCUT2D eigenvalue weighted by Crippen LogP contribution is -2.32. The molecule has 3 aromatic rings. The summed E-state index contributed by atoms with van der Waals surface area (Å²) in [5.41, 5.74) is 2.56. The minimum absolute atomic E-state index is 0.0126. The first-order chi connectivity index (χ1) is 16.3. The van der Waals surface area contributed by atoms with Gasteiger partial charge in [0.2, 0.25) is 0 Å². The van der Waals surface area contributed by atoms with Gasteiger partial charge in [0.15, 0.2) is 0 Å². The van der Waals surface area contributed by atoms with Gasteiger partial charge in [0.1, 0.15) is 29.1 Å². The molecule has 0 saturated carbocycles. The topological polar surface area (TPSA) is 94.7 Å². The van der Waals surface area contributed by atoms with Crippen molar-refractivity contribution in [2.24, 2.45) is 10.1 Å². The first-order valence-electron chi connectivity index (χ1n) is 10.5. The number of rotatable bonds is 6. The number of phenols is 1. The van der Waals surface area contributed by atoms with Gasteiger partial charge in [-0.15, -0.1) is 0 Å². The Bertz CT molecular complexity index is 1280. The third kappa shape index (κ3) is 5.27. The van der Waals surface area contributed by atoms with E-state index in [0.717, 1.165) is 11.3 Å². The van der Waals surface area contributed by atoms with Crippen LogP contribution in [0.2, 0.25) is 5.02 Å². The van der Waals surface area contributed by atoms with E-state index in [9.17, 15) is 15.0 Å². The van der Waals surface area contributed by atoms with Gasteiger partial charge in [-0.2, -0.15) is 5.10 Å². The van der Waals surface area contributed by atoms with Crippen LogP contribution in [0.3, 0.4) is 0 Å². The number of ether oxygens (including phenoxy) is 1. The van der Waals surface area contributed by atoms with Gasteiger partial charge in [0.25, 0.3) is 0 Å². The molecule has 0 aliphatic carbocycles. The number of hydrogen-bond donors (Lipinski definition) is 2. The molecule has 8 heteroatoms. The van der Waals surface area contributed by atoms with Gasteiger partial charge in [-0.1, -0.05) is 29.8 Å². The van der Waals surface area contributed by atoms with E-state index in [4.69, 9.17) is 21.3 Å². The van der Waals surface area contributed by atoms with Crippen molar-refractivity contribution in [1.29, 1.82) is 0 Å². The highest BCUT2D eigenvalue weighted by Gasteiger charge is 2.25. The van der Waals surface area contributed by atoms with Gasteiger partial charge < -0.3 is 14.9 Å². The summed E-state index contributed by atoms with van der Waals surface area (Å²) in [6, 6.07) is 21.6. The smallest absolute Gasteiger partial charge is 0.351 e. The number of aliphatic imine (C=N–C) groups is 1. The Kier molecular flexibility index (Phi) is 6.65. The Morgan fingerprint density at radius 3 is 2.35 bits per heavy atom. The van der Waals surface area contributed by atoms with E-state index in [1.54, 1.807) is 18.2 Å². The lowest BCUT2D eigenvalue weighted by atomic mass is 10.0. The van der Waals surface area contributed by atoms with E-state index in [-0.39, 0.29) is 11.5 Å². The highest BCUT2D eigenvalue weighted by molar-refractivity contribution is 6.34. The van der Waals surface area contributed by atoms with Gasteiger partial charge in [0, 0.05) is 16.1 Å². The number of carbonyl (C=O) groups is 1. The predicted octanol–water partition coefficient (Wildman–Crippen LogP) is 5.79. The second-order valence-corrected chi connectivity index (χ2v) is 8.08. The molecule has 1 unspecified atom stereocenters. The fourth-order valence-corrected chi connectivity index (χ4v) is 3.68. The summed E-state index contributed by atoms with van der Waals surface area (Å²) in [5.74, 6) is 0.279. The number of para-hydroxylation sites is 1. The van der Waals surface area contributed by atoms with Crippen molar-refractivity contribution in [2.45, 2.75) is 20.0 Å². The van der Waals surface area contributed by atoms with Crippen LogP contribution >= 0.6 is 11.6 Å². The van der Waals surface area contributed by atoms with Crippen LogP contribution in [0, 0.1) is 0 Å². The van der Waals surface area contributed by atoms with Gasteiger partial charge in [-0.3, -0.25) is 4.99 Å². The molecule has 172 valence electrons. The average Bonchev–Trinajstić information content (AvgIpc) is 2.80. The number of aromatic hydroxyl groups is 1. The quantitative estimate of drug-likeness (QED) is 0.440. The molecule has 1 aliphatic rings. The molecule has 1 heterocycles. The zero-order chi connectivity index (χ0) is 24.2. The van der Waals surface area contributed by atoms with Crippen LogP contribution in [0.4, 0.5) is 0 Å². The van der Waals surface area contributed by atoms with E-state index < -0.39 is 12.1 Å². The number of phenolic OH excluding ortho intramolecular Hbond substituents is 1. The molecule has 4 rings (SSSR count). The van der Waals surface area contributed by atoms with Crippen molar-refractivity contribution < 1.29 is 19.7 Å².